The van der Waals surface area contributed by atoms with Crippen molar-refractivity contribution in [1.29, 1.82) is 0 Å². The van der Waals surface area contributed by atoms with Gasteiger partial charge >= 0.3 is 0 Å². The van der Waals surface area contributed by atoms with E-state index in [4.69, 9.17) is 32.8 Å². The highest BCUT2D eigenvalue weighted by atomic mass is 35.5. The fourth-order valence-electron chi connectivity index (χ4n) is 3.46. The highest BCUT2D eigenvalue weighted by Gasteiger charge is 2.31. The van der Waals surface area contributed by atoms with Crippen LogP contribution < -0.4 is 16.4 Å². The van der Waals surface area contributed by atoms with Gasteiger partial charge in [-0.05, 0) is 37.5 Å². The number of fused-ring (bicyclic) bond motifs is 1. The molecule has 0 atom stereocenters. The summed E-state index contributed by atoms with van der Waals surface area (Å²) < 4.78 is 5.19. The summed E-state index contributed by atoms with van der Waals surface area (Å²) >= 11 is 7.65. The molecule has 158 valence electrons. The zero-order valence-electron chi connectivity index (χ0n) is 16.7. The van der Waals surface area contributed by atoms with E-state index in [1.807, 2.05) is 18.2 Å². The number of ether oxygens (including phenoxy) is 1. The summed E-state index contributed by atoms with van der Waals surface area (Å²) in [5.41, 5.74) is 13.5. The number of anilines is 2. The number of methoxy groups -OCH3 is 1. The molecular weight excluding hydrogens is 422 g/mol. The van der Waals surface area contributed by atoms with E-state index in [1.54, 1.807) is 19.5 Å². The van der Waals surface area contributed by atoms with Gasteiger partial charge in [-0.25, -0.2) is 19.9 Å². The van der Waals surface area contributed by atoms with Crippen LogP contribution >= 0.6 is 23.4 Å². The Morgan fingerprint density at radius 1 is 1.20 bits per heavy atom. The smallest absolute Gasteiger partial charge is 0.179 e. The monoisotopic (exact) mass is 445 g/mol. The third-order valence-corrected chi connectivity index (χ3v) is 6.85. The Kier molecular flexibility index (Phi) is 6.24. The molecule has 0 saturated carbocycles. The Bertz CT molecular complexity index is 1040. The molecule has 10 heteroatoms. The maximum Gasteiger partial charge on any atom is 0.179 e. The van der Waals surface area contributed by atoms with Crippen molar-refractivity contribution in [3.8, 4) is 0 Å². The second-order valence-corrected chi connectivity index (χ2v) is 8.86. The largest absolute Gasteiger partial charge is 0.385 e. The number of nitrogen functional groups attached to an aromatic ring is 1. The molecule has 0 aliphatic carbocycles. The molecule has 0 unspecified atom stereocenters. The highest BCUT2D eigenvalue weighted by molar-refractivity contribution is 7.99. The van der Waals surface area contributed by atoms with Crippen molar-refractivity contribution in [3.05, 3.63) is 35.6 Å². The Labute approximate surface area is 184 Å². The average Bonchev–Trinajstić information content (AvgIpc) is 2.76. The fraction of sp³-hybridized carbons (Fsp3) is 0.400. The average molecular weight is 446 g/mol. The number of hydrogen-bond acceptors (Lipinski definition) is 9. The summed E-state index contributed by atoms with van der Waals surface area (Å²) in [5, 5.41) is 1.19. The van der Waals surface area contributed by atoms with E-state index in [1.165, 1.54) is 11.8 Å². The number of pyridine rings is 2. The van der Waals surface area contributed by atoms with Crippen molar-refractivity contribution < 1.29 is 4.74 Å². The van der Waals surface area contributed by atoms with Crippen LogP contribution in [0.1, 0.15) is 19.3 Å². The maximum atomic E-state index is 6.50. The zero-order valence-corrected chi connectivity index (χ0v) is 18.3. The van der Waals surface area contributed by atoms with E-state index in [9.17, 15) is 0 Å². The summed E-state index contributed by atoms with van der Waals surface area (Å²) in [6.45, 7) is 2.39. The number of nitrogens with zero attached hydrogens (tertiary/aromatic N) is 5. The molecule has 0 aromatic carbocycles. The van der Waals surface area contributed by atoms with Gasteiger partial charge in [0.15, 0.2) is 5.65 Å². The number of halogens is 1. The summed E-state index contributed by atoms with van der Waals surface area (Å²) in [4.78, 5) is 20.9. The van der Waals surface area contributed by atoms with Crippen LogP contribution in [0.3, 0.4) is 0 Å². The molecule has 4 N–H and O–H groups in total. The van der Waals surface area contributed by atoms with Crippen LogP contribution in [0.15, 0.2) is 40.5 Å². The lowest BCUT2D eigenvalue weighted by Crippen LogP contribution is -2.51. The summed E-state index contributed by atoms with van der Waals surface area (Å²) in [5.74, 6) is 1.15. The molecule has 0 amide bonds. The predicted molar refractivity (Wildman–Crippen MR) is 120 cm³/mol. The molecule has 0 radical (unpaired) electrons. The van der Waals surface area contributed by atoms with Crippen LogP contribution in [0.5, 0.6) is 0 Å². The van der Waals surface area contributed by atoms with Gasteiger partial charge in [0.05, 0.1) is 11.2 Å². The molecule has 3 aromatic rings. The molecule has 0 bridgehead atoms. The number of rotatable bonds is 6. The van der Waals surface area contributed by atoms with Crippen LogP contribution in [0, 0.1) is 0 Å². The maximum absolute atomic E-state index is 6.50. The van der Waals surface area contributed by atoms with Gasteiger partial charge < -0.3 is 21.1 Å². The third-order valence-electron chi connectivity index (χ3n) is 5.35. The van der Waals surface area contributed by atoms with Gasteiger partial charge in [-0.1, -0.05) is 23.4 Å². The molecule has 3 aromatic heterocycles. The Hall–Kier alpha value is -2.20. The van der Waals surface area contributed by atoms with Crippen molar-refractivity contribution in [2.75, 3.05) is 37.4 Å². The molecule has 4 heterocycles. The molecule has 1 aliphatic rings. The molecule has 1 aliphatic heterocycles. The van der Waals surface area contributed by atoms with E-state index < -0.39 is 0 Å². The van der Waals surface area contributed by atoms with E-state index in [0.717, 1.165) is 53.6 Å². The van der Waals surface area contributed by atoms with E-state index in [2.05, 4.69) is 19.9 Å². The molecule has 0 spiro atoms. The van der Waals surface area contributed by atoms with E-state index in [-0.39, 0.29) is 5.54 Å². The second-order valence-electron chi connectivity index (χ2n) is 7.42. The Morgan fingerprint density at radius 3 is 2.77 bits per heavy atom. The van der Waals surface area contributed by atoms with Gasteiger partial charge in [0.2, 0.25) is 0 Å². The van der Waals surface area contributed by atoms with Gasteiger partial charge in [0.25, 0.3) is 0 Å². The van der Waals surface area contributed by atoms with Crippen LogP contribution in [0.4, 0.5) is 11.6 Å². The summed E-state index contributed by atoms with van der Waals surface area (Å²) in [6, 6.07) is 5.64. The quantitative estimate of drug-likeness (QED) is 0.589. The first-order valence-electron chi connectivity index (χ1n) is 9.72. The lowest BCUT2D eigenvalue weighted by atomic mass is 9.86. The molecule has 4 rings (SSSR count). The number of nitrogens with two attached hydrogens (primary N) is 2. The standard InChI is InChI=1S/C20H24ClN7OS/c1-29-11-7-20(23)5-9-28(10-6-20)15-12-25-19-13(26-15)2-3-16(27-19)30-14-4-8-24-18(22)17(14)21/h2-4,8,12H,5-7,9-11,23H2,1H3,(H2,22,24). The summed E-state index contributed by atoms with van der Waals surface area (Å²) in [6.07, 6.45) is 6.08. The highest BCUT2D eigenvalue weighted by Crippen LogP contribution is 2.35. The third kappa shape index (κ3) is 4.59. The van der Waals surface area contributed by atoms with Crippen LogP contribution in [0.2, 0.25) is 5.02 Å². The predicted octanol–water partition coefficient (Wildman–Crippen LogP) is 3.14. The number of aromatic nitrogens is 4. The number of piperidine rings is 1. The first-order valence-corrected chi connectivity index (χ1v) is 10.9. The molecule has 8 nitrogen and oxygen atoms in total. The lowest BCUT2D eigenvalue weighted by Gasteiger charge is -2.39. The SMILES string of the molecule is COCCC1(N)CCN(c2cnc3nc(Sc4ccnc(N)c4Cl)ccc3n2)CC1. The number of hydrogen-bond donors (Lipinski definition) is 2. The van der Waals surface area contributed by atoms with Crippen molar-refractivity contribution in [2.45, 2.75) is 34.7 Å². The minimum absolute atomic E-state index is 0.165. The van der Waals surface area contributed by atoms with Crippen LogP contribution in [-0.2, 0) is 4.74 Å². The molecule has 1 fully saturated rings. The van der Waals surface area contributed by atoms with Crippen LogP contribution in [-0.4, -0.2) is 52.3 Å². The first kappa shape index (κ1) is 21.0. The topological polar surface area (TPSA) is 116 Å². The van der Waals surface area contributed by atoms with Gasteiger partial charge in [0.1, 0.15) is 22.2 Å². The fourth-order valence-corrected chi connectivity index (χ4v) is 4.50. The van der Waals surface area contributed by atoms with Crippen molar-refractivity contribution in [1.82, 2.24) is 19.9 Å². The van der Waals surface area contributed by atoms with E-state index >= 15 is 0 Å². The normalized spacial score (nSPS) is 16.2. The lowest BCUT2D eigenvalue weighted by molar-refractivity contribution is 0.157. The van der Waals surface area contributed by atoms with E-state index in [0.29, 0.717) is 23.1 Å². The summed E-state index contributed by atoms with van der Waals surface area (Å²) in [7, 11) is 1.71. The zero-order chi connectivity index (χ0) is 21.1. The second kappa shape index (κ2) is 8.89. The first-order chi connectivity index (χ1) is 14.5. The minimum atomic E-state index is -0.165. The van der Waals surface area contributed by atoms with Crippen molar-refractivity contribution in [3.63, 3.8) is 0 Å². The minimum Gasteiger partial charge on any atom is -0.385 e. The molecular formula is C20H24ClN7OS. The van der Waals surface area contributed by atoms with Crippen molar-refractivity contribution >= 4 is 46.2 Å². The Morgan fingerprint density at radius 2 is 2.00 bits per heavy atom. The molecule has 1 saturated heterocycles. The van der Waals surface area contributed by atoms with Crippen LogP contribution in [0.25, 0.3) is 11.2 Å². The van der Waals surface area contributed by atoms with Gasteiger partial charge in [-0.2, -0.15) is 0 Å². The van der Waals surface area contributed by atoms with Gasteiger partial charge in [0, 0.05) is 43.4 Å². The Balaban J connectivity index is 1.48. The van der Waals surface area contributed by atoms with Gasteiger partial charge in [-0.3, -0.25) is 0 Å². The molecule has 30 heavy (non-hydrogen) atoms. The van der Waals surface area contributed by atoms with Gasteiger partial charge in [-0.15, -0.1) is 0 Å². The van der Waals surface area contributed by atoms with Crippen molar-refractivity contribution in [2.24, 2.45) is 5.73 Å².